The van der Waals surface area contributed by atoms with Gasteiger partial charge in [-0.2, -0.15) is 0 Å². The molecule has 238 valence electrons. The minimum Gasteiger partial charge on any atom is -0.478 e. The lowest BCUT2D eigenvalue weighted by Gasteiger charge is -2.36. The molecule has 0 aromatic heterocycles. The van der Waals surface area contributed by atoms with E-state index in [1.54, 1.807) is 36.0 Å². The Balaban J connectivity index is 1.19. The molecule has 1 saturated heterocycles. The van der Waals surface area contributed by atoms with E-state index in [0.29, 0.717) is 24.3 Å². The van der Waals surface area contributed by atoms with E-state index < -0.39 is 12.3 Å². The number of aliphatic hydroxyl groups excluding tert-OH is 1. The summed E-state index contributed by atoms with van der Waals surface area (Å²) >= 11 is 1.62. The molecule has 5 aromatic rings. The van der Waals surface area contributed by atoms with Crippen LogP contribution in [0.1, 0.15) is 61.8 Å². The maximum Gasteiger partial charge on any atom is 0.335 e. The van der Waals surface area contributed by atoms with E-state index in [9.17, 15) is 19.8 Å². The molecule has 0 aliphatic carbocycles. The summed E-state index contributed by atoms with van der Waals surface area (Å²) in [5.74, 6) is -0.403. The fourth-order valence-corrected chi connectivity index (χ4v) is 6.43. The molecule has 8 heteroatoms. The van der Waals surface area contributed by atoms with Gasteiger partial charge in [-0.15, -0.1) is 11.8 Å². The summed E-state index contributed by atoms with van der Waals surface area (Å²) in [5, 5.41) is 21.8. The third-order valence-corrected chi connectivity index (χ3v) is 9.20. The third kappa shape index (κ3) is 8.36. The number of hydrogen-bond acceptors (Lipinski definition) is 6. The van der Waals surface area contributed by atoms with E-state index in [0.717, 1.165) is 38.3 Å². The molecular formula is C39H35NO6S. The Hall–Kier alpha value is -4.73. The van der Waals surface area contributed by atoms with Crippen molar-refractivity contribution < 1.29 is 29.3 Å². The van der Waals surface area contributed by atoms with Gasteiger partial charge in [0.2, 0.25) is 0 Å². The standard InChI is InChI=1S/C39H35NO6S/c41-24-26-12-14-28(15-13-26)36-22-34(25-47-35-18-16-30(17-19-35)38(43)44)45-39(46-36)33-11-5-10-32(21-33)31-9-4-6-27(20-31)23-40-37(42)29-7-2-1-3-8-29/h1-21,34,36,39,41H,22-25H2,(H,40,42)(H,43,44). The Morgan fingerprint density at radius 1 is 0.723 bits per heavy atom. The zero-order chi connectivity index (χ0) is 32.6. The lowest BCUT2D eigenvalue weighted by Crippen LogP contribution is -2.31. The van der Waals surface area contributed by atoms with Crippen LogP contribution in [0.2, 0.25) is 0 Å². The molecule has 0 saturated carbocycles. The number of carboxylic acid groups (broad SMARTS) is 1. The van der Waals surface area contributed by atoms with Gasteiger partial charge in [-0.1, -0.05) is 78.9 Å². The predicted octanol–water partition coefficient (Wildman–Crippen LogP) is 7.81. The van der Waals surface area contributed by atoms with E-state index in [-0.39, 0.29) is 30.3 Å². The number of carbonyl (C=O) groups is 2. The second-order valence-electron chi connectivity index (χ2n) is 11.4. The Morgan fingerprint density at radius 3 is 2.17 bits per heavy atom. The first-order chi connectivity index (χ1) is 22.9. The number of amides is 1. The zero-order valence-corrected chi connectivity index (χ0v) is 26.4. The van der Waals surface area contributed by atoms with Gasteiger partial charge in [0.1, 0.15) is 0 Å². The van der Waals surface area contributed by atoms with Gasteiger partial charge in [0.05, 0.1) is 24.4 Å². The van der Waals surface area contributed by atoms with Crippen LogP contribution in [0.25, 0.3) is 11.1 Å². The number of ether oxygens (including phenoxy) is 2. The molecule has 5 aromatic carbocycles. The Morgan fingerprint density at radius 2 is 1.45 bits per heavy atom. The molecule has 0 bridgehead atoms. The van der Waals surface area contributed by atoms with Crippen molar-refractivity contribution in [3.63, 3.8) is 0 Å². The van der Waals surface area contributed by atoms with Crippen molar-refractivity contribution in [3.05, 3.63) is 161 Å². The minimum atomic E-state index is -0.948. The van der Waals surface area contributed by atoms with E-state index in [1.807, 2.05) is 91.0 Å². The van der Waals surface area contributed by atoms with Crippen LogP contribution in [0, 0.1) is 0 Å². The summed E-state index contributed by atoms with van der Waals surface area (Å²) in [5.41, 5.74) is 6.63. The van der Waals surface area contributed by atoms with Crippen molar-refractivity contribution >= 4 is 23.6 Å². The van der Waals surface area contributed by atoms with Crippen LogP contribution < -0.4 is 5.32 Å². The maximum absolute atomic E-state index is 12.6. The molecule has 0 radical (unpaired) electrons. The minimum absolute atomic E-state index is 0.0230. The second kappa shape index (κ2) is 15.2. The number of hydrogen-bond donors (Lipinski definition) is 3. The van der Waals surface area contributed by atoms with E-state index in [4.69, 9.17) is 9.47 Å². The first-order valence-corrected chi connectivity index (χ1v) is 16.4. The monoisotopic (exact) mass is 645 g/mol. The first-order valence-electron chi connectivity index (χ1n) is 15.4. The molecule has 1 aliphatic heterocycles. The lowest BCUT2D eigenvalue weighted by atomic mass is 9.99. The van der Waals surface area contributed by atoms with E-state index >= 15 is 0 Å². The third-order valence-electron chi connectivity index (χ3n) is 8.06. The summed E-state index contributed by atoms with van der Waals surface area (Å²) in [4.78, 5) is 24.8. The number of thioether (sulfide) groups is 1. The molecule has 0 spiro atoms. The van der Waals surface area contributed by atoms with Crippen LogP contribution in [-0.2, 0) is 22.6 Å². The average Bonchev–Trinajstić information content (AvgIpc) is 3.13. The summed E-state index contributed by atoms with van der Waals surface area (Å²) in [7, 11) is 0. The van der Waals surface area contributed by atoms with Crippen LogP contribution in [0.4, 0.5) is 0 Å². The summed E-state index contributed by atoms with van der Waals surface area (Å²) in [6.45, 7) is 0.385. The van der Waals surface area contributed by atoms with Gasteiger partial charge in [-0.05, 0) is 76.3 Å². The highest BCUT2D eigenvalue weighted by atomic mass is 32.2. The molecule has 6 rings (SSSR count). The van der Waals surface area contributed by atoms with Gasteiger partial charge in [0.15, 0.2) is 6.29 Å². The Kier molecular flexibility index (Phi) is 10.4. The topological polar surface area (TPSA) is 105 Å². The van der Waals surface area contributed by atoms with Gasteiger partial charge in [-0.25, -0.2) is 4.79 Å². The molecule has 1 amide bonds. The zero-order valence-electron chi connectivity index (χ0n) is 25.6. The molecule has 3 atom stereocenters. The van der Waals surface area contributed by atoms with Crippen LogP contribution in [0.15, 0.2) is 132 Å². The Bertz CT molecular complexity index is 1810. The van der Waals surface area contributed by atoms with Gasteiger partial charge in [0.25, 0.3) is 5.91 Å². The molecule has 47 heavy (non-hydrogen) atoms. The predicted molar refractivity (Wildman–Crippen MR) is 182 cm³/mol. The highest BCUT2D eigenvalue weighted by Gasteiger charge is 2.32. The Labute approximate surface area is 278 Å². The normalized spacial score (nSPS) is 17.6. The maximum atomic E-state index is 12.6. The largest absolute Gasteiger partial charge is 0.478 e. The van der Waals surface area contributed by atoms with Crippen LogP contribution >= 0.6 is 11.8 Å². The lowest BCUT2D eigenvalue weighted by molar-refractivity contribution is -0.245. The second-order valence-corrected chi connectivity index (χ2v) is 12.5. The molecule has 3 unspecified atom stereocenters. The number of rotatable bonds is 11. The van der Waals surface area contributed by atoms with Gasteiger partial charge in [0, 0.05) is 34.7 Å². The van der Waals surface area contributed by atoms with Gasteiger partial charge in [-0.3, -0.25) is 4.79 Å². The SMILES string of the molecule is O=C(O)c1ccc(SCC2CC(c3ccc(CO)cc3)OC(c3cccc(-c4cccc(CNC(=O)c5ccccc5)c4)c3)O2)cc1. The molecular weight excluding hydrogens is 610 g/mol. The smallest absolute Gasteiger partial charge is 0.335 e. The molecule has 1 aliphatic rings. The van der Waals surface area contributed by atoms with Crippen molar-refractivity contribution in [2.45, 2.75) is 43.0 Å². The molecule has 3 N–H and O–H groups in total. The number of carbonyl (C=O) groups excluding carboxylic acids is 1. The van der Waals surface area contributed by atoms with E-state index in [2.05, 4.69) is 17.4 Å². The molecule has 1 heterocycles. The van der Waals surface area contributed by atoms with Crippen LogP contribution in [0.3, 0.4) is 0 Å². The fraction of sp³-hybridized carbons (Fsp3) is 0.179. The number of aliphatic hydroxyl groups is 1. The fourth-order valence-electron chi connectivity index (χ4n) is 5.51. The van der Waals surface area contributed by atoms with Crippen molar-refractivity contribution in [1.29, 1.82) is 0 Å². The van der Waals surface area contributed by atoms with Crippen molar-refractivity contribution in [1.82, 2.24) is 5.32 Å². The first kappa shape index (κ1) is 32.2. The van der Waals surface area contributed by atoms with Crippen molar-refractivity contribution in [2.75, 3.05) is 5.75 Å². The number of nitrogens with one attached hydrogen (secondary N) is 1. The quantitative estimate of drug-likeness (QED) is 0.126. The highest BCUT2D eigenvalue weighted by molar-refractivity contribution is 7.99. The molecule has 1 fully saturated rings. The van der Waals surface area contributed by atoms with Crippen LogP contribution in [-0.4, -0.2) is 33.9 Å². The summed E-state index contributed by atoms with van der Waals surface area (Å²) in [6.07, 6.45) is -0.326. The van der Waals surface area contributed by atoms with Gasteiger partial charge >= 0.3 is 5.97 Å². The summed E-state index contributed by atoms with van der Waals surface area (Å²) < 4.78 is 13.1. The van der Waals surface area contributed by atoms with Gasteiger partial charge < -0.3 is 25.0 Å². The summed E-state index contributed by atoms with van der Waals surface area (Å²) in [6, 6.07) is 40.1. The highest BCUT2D eigenvalue weighted by Crippen LogP contribution is 2.40. The van der Waals surface area contributed by atoms with Crippen LogP contribution in [0.5, 0.6) is 0 Å². The van der Waals surface area contributed by atoms with E-state index in [1.165, 1.54) is 0 Å². The number of benzene rings is 5. The number of aromatic carboxylic acids is 1. The number of carboxylic acids is 1. The molecule has 7 nitrogen and oxygen atoms in total. The average molecular weight is 646 g/mol. The van der Waals surface area contributed by atoms with Crippen molar-refractivity contribution in [3.8, 4) is 11.1 Å². The van der Waals surface area contributed by atoms with Crippen molar-refractivity contribution in [2.24, 2.45) is 0 Å².